The van der Waals surface area contributed by atoms with Gasteiger partial charge in [-0.2, -0.15) is 5.26 Å². The van der Waals surface area contributed by atoms with E-state index in [-0.39, 0.29) is 0 Å². The molecule has 30 heavy (non-hydrogen) atoms. The second kappa shape index (κ2) is 7.54. The lowest BCUT2D eigenvalue weighted by Crippen LogP contribution is -2.54. The molecule has 2 amide bonds. The lowest BCUT2D eigenvalue weighted by atomic mass is 9.86. The highest BCUT2D eigenvalue weighted by molar-refractivity contribution is 5.90. The number of H-pyrrole nitrogens is 1. The highest BCUT2D eigenvalue weighted by atomic mass is 16.5. The fraction of sp³-hybridized carbons (Fsp3) is 0.227. The Morgan fingerprint density at radius 2 is 2.13 bits per heavy atom. The number of benzene rings is 2. The Bertz CT molecular complexity index is 1120. The summed E-state index contributed by atoms with van der Waals surface area (Å²) in [7, 11) is 0. The number of urea groups is 1. The summed E-state index contributed by atoms with van der Waals surface area (Å²) in [6, 6.07) is 13.1. The van der Waals surface area contributed by atoms with E-state index in [0.29, 0.717) is 22.6 Å². The van der Waals surface area contributed by atoms with Gasteiger partial charge in [0, 0.05) is 16.8 Å². The number of aromatic nitrogens is 2. The monoisotopic (exact) mass is 403 g/mol. The maximum Gasteiger partial charge on any atom is 0.319 e. The van der Waals surface area contributed by atoms with Crippen LogP contribution in [0.25, 0.3) is 11.3 Å². The van der Waals surface area contributed by atoms with Crippen molar-refractivity contribution in [1.82, 2.24) is 15.3 Å². The molecule has 2 aromatic carbocycles. The molecule has 2 unspecified atom stereocenters. The Balaban J connectivity index is 1.57. The Kier molecular flexibility index (Phi) is 4.90. The summed E-state index contributed by atoms with van der Waals surface area (Å²) in [6.45, 7) is 3.50. The largest absolute Gasteiger partial charge is 0.485 e. The molecule has 2 atom stereocenters. The van der Waals surface area contributed by atoms with Crippen molar-refractivity contribution in [2.45, 2.75) is 31.6 Å². The van der Waals surface area contributed by atoms with Crippen LogP contribution in [0.3, 0.4) is 0 Å². The highest BCUT2D eigenvalue weighted by Crippen LogP contribution is 2.40. The van der Waals surface area contributed by atoms with Gasteiger partial charge in [-0.15, -0.1) is 0 Å². The number of aliphatic hydroxyl groups excluding tert-OH is 1. The zero-order chi connectivity index (χ0) is 21.3. The van der Waals surface area contributed by atoms with Crippen LogP contribution in [-0.4, -0.2) is 32.8 Å². The molecule has 0 aliphatic carbocycles. The number of ether oxygens (including phenoxy) is 1. The predicted molar refractivity (Wildman–Crippen MR) is 111 cm³/mol. The van der Waals surface area contributed by atoms with E-state index in [4.69, 9.17) is 4.74 Å². The van der Waals surface area contributed by atoms with Gasteiger partial charge in [0.25, 0.3) is 0 Å². The van der Waals surface area contributed by atoms with Gasteiger partial charge in [-0.3, -0.25) is 0 Å². The van der Waals surface area contributed by atoms with E-state index in [1.54, 1.807) is 50.6 Å². The fourth-order valence-corrected chi connectivity index (χ4v) is 3.51. The van der Waals surface area contributed by atoms with Crippen molar-refractivity contribution >= 4 is 11.7 Å². The first-order valence-corrected chi connectivity index (χ1v) is 9.45. The molecule has 0 fully saturated rings. The van der Waals surface area contributed by atoms with Gasteiger partial charge in [-0.1, -0.05) is 12.1 Å². The van der Waals surface area contributed by atoms with E-state index in [2.05, 4.69) is 26.7 Å². The molecular weight excluding hydrogens is 382 g/mol. The number of nitriles is 1. The maximum atomic E-state index is 12.7. The minimum atomic E-state index is -1.01. The number of carbonyl (C=O) groups is 1. The molecule has 2 heterocycles. The summed E-state index contributed by atoms with van der Waals surface area (Å²) in [5.41, 5.74) is 2.36. The minimum Gasteiger partial charge on any atom is -0.485 e. The van der Waals surface area contributed by atoms with Crippen molar-refractivity contribution < 1.29 is 14.6 Å². The second-order valence-corrected chi connectivity index (χ2v) is 7.64. The number of anilines is 1. The van der Waals surface area contributed by atoms with Crippen LogP contribution in [0.15, 0.2) is 55.0 Å². The van der Waals surface area contributed by atoms with Crippen LogP contribution in [0.4, 0.5) is 10.5 Å². The summed E-state index contributed by atoms with van der Waals surface area (Å²) in [5.74, 6) is 0.524. The van der Waals surface area contributed by atoms with E-state index in [0.717, 1.165) is 11.3 Å². The Morgan fingerprint density at radius 3 is 2.87 bits per heavy atom. The van der Waals surface area contributed by atoms with Crippen molar-refractivity contribution in [1.29, 1.82) is 5.26 Å². The van der Waals surface area contributed by atoms with Crippen LogP contribution in [0, 0.1) is 11.3 Å². The normalized spacial score (nSPS) is 19.1. The minimum absolute atomic E-state index is 0.420. The summed E-state index contributed by atoms with van der Waals surface area (Å²) in [6.07, 6.45) is 2.27. The van der Waals surface area contributed by atoms with E-state index < -0.39 is 23.8 Å². The molecule has 0 bridgehead atoms. The summed E-state index contributed by atoms with van der Waals surface area (Å²) in [4.78, 5) is 19.8. The molecule has 0 spiro atoms. The van der Waals surface area contributed by atoms with E-state index in [1.807, 2.05) is 18.2 Å². The number of rotatable bonds is 3. The molecule has 4 N–H and O–H groups in total. The SMILES string of the molecule is CC1(C)Oc2ccc(C#N)cc2C(NC(=O)Nc2cccc(-c3cnc[nH]3)c2)C1O. The zero-order valence-corrected chi connectivity index (χ0v) is 16.5. The summed E-state index contributed by atoms with van der Waals surface area (Å²) in [5, 5.41) is 25.7. The first kappa shape index (κ1) is 19.5. The Morgan fingerprint density at radius 1 is 1.30 bits per heavy atom. The third-order valence-corrected chi connectivity index (χ3v) is 5.09. The second-order valence-electron chi connectivity index (χ2n) is 7.64. The molecule has 1 aromatic heterocycles. The maximum absolute atomic E-state index is 12.7. The standard InChI is InChI=1S/C22H21N5O3/c1-22(2)20(28)19(16-8-13(10-23)6-7-18(16)30-22)27-21(29)26-15-5-3-4-14(9-15)17-11-24-12-25-17/h3-9,11-12,19-20,28H,1-2H3,(H,24,25)(H2,26,27,29). The first-order valence-electron chi connectivity index (χ1n) is 9.45. The van der Waals surface area contributed by atoms with Gasteiger partial charge in [0.15, 0.2) is 0 Å². The molecule has 4 rings (SSSR count). The molecule has 8 nitrogen and oxygen atoms in total. The van der Waals surface area contributed by atoms with Crippen LogP contribution in [-0.2, 0) is 0 Å². The number of hydrogen-bond donors (Lipinski definition) is 4. The van der Waals surface area contributed by atoms with E-state index in [1.165, 1.54) is 0 Å². The molecular formula is C22H21N5O3. The Labute approximate surface area is 173 Å². The fourth-order valence-electron chi connectivity index (χ4n) is 3.51. The van der Waals surface area contributed by atoms with Crippen molar-refractivity contribution in [3.8, 4) is 23.1 Å². The molecule has 0 saturated carbocycles. The Hall–Kier alpha value is -3.83. The average Bonchev–Trinajstić information content (AvgIpc) is 3.26. The van der Waals surface area contributed by atoms with Gasteiger partial charge < -0.3 is 25.5 Å². The van der Waals surface area contributed by atoms with Gasteiger partial charge in [-0.25, -0.2) is 9.78 Å². The number of nitrogens with one attached hydrogen (secondary N) is 3. The zero-order valence-electron chi connectivity index (χ0n) is 16.5. The molecule has 0 radical (unpaired) electrons. The number of nitrogens with zero attached hydrogens (tertiary/aromatic N) is 2. The first-order chi connectivity index (χ1) is 14.4. The lowest BCUT2D eigenvalue weighted by Gasteiger charge is -2.42. The number of aliphatic hydroxyl groups is 1. The third kappa shape index (κ3) is 3.71. The number of carbonyl (C=O) groups excluding carboxylic acids is 1. The number of hydrogen-bond acceptors (Lipinski definition) is 5. The van der Waals surface area contributed by atoms with Gasteiger partial charge in [-0.05, 0) is 44.2 Å². The molecule has 0 saturated heterocycles. The summed E-state index contributed by atoms with van der Waals surface area (Å²) < 4.78 is 5.88. The van der Waals surface area contributed by atoms with Crippen LogP contribution in [0.2, 0.25) is 0 Å². The smallest absolute Gasteiger partial charge is 0.319 e. The molecule has 152 valence electrons. The van der Waals surface area contributed by atoms with Crippen LogP contribution in [0.5, 0.6) is 5.75 Å². The van der Waals surface area contributed by atoms with Crippen molar-refractivity contribution in [2.75, 3.05) is 5.32 Å². The molecule has 1 aliphatic heterocycles. The van der Waals surface area contributed by atoms with Crippen molar-refractivity contribution in [3.63, 3.8) is 0 Å². The number of fused-ring (bicyclic) bond motifs is 1. The van der Waals surface area contributed by atoms with E-state index >= 15 is 0 Å². The topological polar surface area (TPSA) is 123 Å². The van der Waals surface area contributed by atoms with Gasteiger partial charge in [0.1, 0.15) is 17.5 Å². The number of aromatic amines is 1. The third-order valence-electron chi connectivity index (χ3n) is 5.09. The van der Waals surface area contributed by atoms with Crippen LogP contribution in [0.1, 0.15) is 31.0 Å². The van der Waals surface area contributed by atoms with Gasteiger partial charge in [0.05, 0.1) is 35.9 Å². The average molecular weight is 403 g/mol. The summed E-state index contributed by atoms with van der Waals surface area (Å²) >= 11 is 0. The van der Waals surface area contributed by atoms with Crippen LogP contribution >= 0.6 is 0 Å². The van der Waals surface area contributed by atoms with Crippen molar-refractivity contribution in [2.24, 2.45) is 0 Å². The van der Waals surface area contributed by atoms with E-state index in [9.17, 15) is 15.2 Å². The number of imidazole rings is 1. The molecule has 3 aromatic rings. The van der Waals surface area contributed by atoms with Gasteiger partial charge in [0.2, 0.25) is 0 Å². The van der Waals surface area contributed by atoms with Gasteiger partial charge >= 0.3 is 6.03 Å². The predicted octanol–water partition coefficient (Wildman–Crippen LogP) is 3.34. The van der Waals surface area contributed by atoms with Crippen molar-refractivity contribution in [3.05, 3.63) is 66.1 Å². The molecule has 1 aliphatic rings. The highest BCUT2D eigenvalue weighted by Gasteiger charge is 2.43. The van der Waals surface area contributed by atoms with Crippen LogP contribution < -0.4 is 15.4 Å². The quantitative estimate of drug-likeness (QED) is 0.534. The lowest BCUT2D eigenvalue weighted by molar-refractivity contribution is -0.0618. The molecule has 8 heteroatoms. The number of amides is 2.